The number of halogens is 2. The van der Waals surface area contributed by atoms with E-state index in [1.807, 2.05) is 0 Å². The minimum atomic E-state index is -2.02. The zero-order valence-corrected chi connectivity index (χ0v) is 16.9. The molecule has 0 spiro atoms. The second kappa shape index (κ2) is 8.34. The maximum Gasteiger partial charge on any atom is 0.137 e. The summed E-state index contributed by atoms with van der Waals surface area (Å²) in [6.07, 6.45) is 2.56. The van der Waals surface area contributed by atoms with E-state index in [-0.39, 0.29) is 33.9 Å². The van der Waals surface area contributed by atoms with Crippen molar-refractivity contribution in [2.45, 2.75) is 25.0 Å². The van der Waals surface area contributed by atoms with E-state index < -0.39 is 47.3 Å². The fraction of sp³-hybridized carbons (Fsp3) is 0.182. The number of hydrogen-bond acceptors (Lipinski definition) is 6. The summed E-state index contributed by atoms with van der Waals surface area (Å²) < 4.78 is 62.6. The molecule has 156 valence electrons. The molecule has 6 nitrogen and oxygen atoms in total. The molecule has 2 heterocycles. The Bertz CT molecular complexity index is 1430. The highest BCUT2D eigenvalue weighted by atomic mass is 32.1. The number of hydrogen-bond donors (Lipinski definition) is 1. The first-order valence-corrected chi connectivity index (χ1v) is 9.93. The first-order chi connectivity index (χ1) is 16.6. The minimum Gasteiger partial charge on any atom is -0.382 e. The third kappa shape index (κ3) is 4.08. The van der Waals surface area contributed by atoms with Crippen molar-refractivity contribution in [2.75, 3.05) is 0 Å². The molecule has 0 saturated heterocycles. The summed E-state index contributed by atoms with van der Waals surface area (Å²) in [5.41, 5.74) is -2.71. The second-order valence-corrected chi connectivity index (χ2v) is 7.69. The lowest BCUT2D eigenvalue weighted by atomic mass is 9.82. The molecule has 0 aliphatic rings. The number of aliphatic hydroxyl groups is 1. The van der Waals surface area contributed by atoms with Gasteiger partial charge in [-0.3, -0.25) is 0 Å². The molecule has 2 aromatic heterocycles. The molecular weight excluding hydrogens is 420 g/mol. The molecule has 1 N–H and O–H groups in total. The smallest absolute Gasteiger partial charge is 0.137 e. The van der Waals surface area contributed by atoms with Crippen LogP contribution in [0, 0.1) is 23.0 Å². The summed E-state index contributed by atoms with van der Waals surface area (Å²) in [6.45, 7) is 1.29. The van der Waals surface area contributed by atoms with Crippen LogP contribution in [0.5, 0.6) is 0 Å². The third-order valence-corrected chi connectivity index (χ3v) is 5.89. The highest BCUT2D eigenvalue weighted by Gasteiger charge is 2.41. The van der Waals surface area contributed by atoms with Gasteiger partial charge in [-0.2, -0.15) is 10.4 Å². The number of rotatable bonds is 6. The van der Waals surface area contributed by atoms with Crippen molar-refractivity contribution in [3.63, 3.8) is 0 Å². The molecule has 2 atom stereocenters. The van der Waals surface area contributed by atoms with Crippen LogP contribution in [0.2, 0.25) is 0 Å². The van der Waals surface area contributed by atoms with Crippen LogP contribution in [-0.4, -0.2) is 24.9 Å². The van der Waals surface area contributed by atoms with Crippen LogP contribution in [0.1, 0.15) is 34.5 Å². The van der Waals surface area contributed by atoms with Crippen LogP contribution < -0.4 is 0 Å². The van der Waals surface area contributed by atoms with Crippen LogP contribution >= 0.6 is 11.3 Å². The van der Waals surface area contributed by atoms with E-state index in [0.717, 1.165) is 29.5 Å². The number of nitriles is 1. The van der Waals surface area contributed by atoms with Gasteiger partial charge in [-0.05, 0) is 30.3 Å². The van der Waals surface area contributed by atoms with E-state index >= 15 is 0 Å². The molecule has 0 fully saturated rings. The molecule has 0 unspecified atom stereocenters. The highest BCUT2D eigenvalue weighted by molar-refractivity contribution is 7.10. The van der Waals surface area contributed by atoms with Crippen molar-refractivity contribution in [1.82, 2.24) is 19.7 Å². The Hall–Kier alpha value is -3.48. The van der Waals surface area contributed by atoms with Gasteiger partial charge in [0.25, 0.3) is 0 Å². The summed E-state index contributed by atoms with van der Waals surface area (Å²) in [4.78, 5) is 8.25. The molecule has 2 aromatic carbocycles. The molecular formula is C22H17F2N5OS. The van der Waals surface area contributed by atoms with Gasteiger partial charge in [0.05, 0.1) is 34.4 Å². The topological polar surface area (TPSA) is 87.6 Å². The van der Waals surface area contributed by atoms with Gasteiger partial charge in [0, 0.05) is 22.4 Å². The molecule has 0 aliphatic heterocycles. The zero-order valence-electron chi connectivity index (χ0n) is 20.1. The lowest BCUT2D eigenvalue weighted by molar-refractivity contribution is -0.0114. The maximum atomic E-state index is 14.8. The summed E-state index contributed by atoms with van der Waals surface area (Å²) >= 11 is 1.05. The lowest BCUT2D eigenvalue weighted by Crippen LogP contribution is -2.38. The van der Waals surface area contributed by atoms with E-state index in [4.69, 9.17) is 10.7 Å². The van der Waals surface area contributed by atoms with Gasteiger partial charge in [-0.25, -0.2) is 23.4 Å². The normalized spacial score (nSPS) is 15.8. The van der Waals surface area contributed by atoms with Crippen molar-refractivity contribution >= 4 is 11.3 Å². The van der Waals surface area contributed by atoms with E-state index in [1.165, 1.54) is 22.7 Å². The lowest BCUT2D eigenvalue weighted by Gasteiger charge is -2.33. The molecule has 31 heavy (non-hydrogen) atoms. The van der Waals surface area contributed by atoms with Gasteiger partial charge in [-0.1, -0.05) is 19.0 Å². The minimum absolute atomic E-state index is 0.0983. The summed E-state index contributed by atoms with van der Waals surface area (Å²) in [5, 5.41) is 26.6. The fourth-order valence-corrected chi connectivity index (χ4v) is 4.10. The number of benzene rings is 2. The van der Waals surface area contributed by atoms with Crippen LogP contribution in [0.3, 0.4) is 0 Å². The van der Waals surface area contributed by atoms with Crippen molar-refractivity contribution in [2.24, 2.45) is 0 Å². The predicted octanol–water partition coefficient (Wildman–Crippen LogP) is 4.24. The van der Waals surface area contributed by atoms with E-state index in [1.54, 1.807) is 13.0 Å². The van der Waals surface area contributed by atoms with Crippen molar-refractivity contribution in [3.05, 3.63) is 88.2 Å². The Morgan fingerprint density at radius 2 is 2.10 bits per heavy atom. The largest absolute Gasteiger partial charge is 0.382 e. The zero-order chi connectivity index (χ0) is 25.5. The van der Waals surface area contributed by atoms with Crippen molar-refractivity contribution in [3.8, 4) is 17.3 Å². The maximum absolute atomic E-state index is 14.8. The Kier molecular flexibility index (Phi) is 4.37. The van der Waals surface area contributed by atoms with Gasteiger partial charge >= 0.3 is 0 Å². The first kappa shape index (κ1) is 16.2. The SMILES string of the molecule is [2H]c1c([2H])c(-c2csc([C@H](C)[C@](O)(Cn3cncn3)c3cc(F)ccc3F)n2)c([2H])c([2H])c1C#N. The second-order valence-electron chi connectivity index (χ2n) is 6.80. The number of aromatic nitrogens is 4. The number of nitrogens with zero attached hydrogens (tertiary/aromatic N) is 5. The van der Waals surface area contributed by atoms with Crippen molar-refractivity contribution in [1.29, 1.82) is 5.26 Å². The van der Waals surface area contributed by atoms with Crippen LogP contribution in [-0.2, 0) is 12.1 Å². The summed E-state index contributed by atoms with van der Waals surface area (Å²) in [6, 6.07) is 2.59. The van der Waals surface area contributed by atoms with Crippen LogP contribution in [0.25, 0.3) is 11.3 Å². The molecule has 4 aromatic rings. The Labute approximate surface area is 186 Å². The standard InChI is InChI=1S/C22H17F2N5OS/c1-14(21-28-20(10-31-21)16-4-2-15(9-25)3-5-16)22(30,11-29-13-26-12-27-29)18-8-17(23)6-7-19(18)24/h2-8,10,12-14,30H,11H2,1H3/t14-,22+/m0/s1/i2D,3D,4D,5D. The van der Waals surface area contributed by atoms with Crippen LogP contribution in [0.15, 0.2) is 60.4 Å². The molecule has 9 heteroatoms. The molecule has 0 saturated carbocycles. The molecule has 4 rings (SSSR count). The van der Waals surface area contributed by atoms with Gasteiger partial charge in [0.2, 0.25) is 0 Å². The first-order valence-electron chi connectivity index (χ1n) is 11.0. The quantitative estimate of drug-likeness (QED) is 0.484. The monoisotopic (exact) mass is 441 g/mol. The Morgan fingerprint density at radius 3 is 2.77 bits per heavy atom. The average Bonchev–Trinajstić information content (AvgIpc) is 3.52. The van der Waals surface area contributed by atoms with Gasteiger partial charge in [0.15, 0.2) is 0 Å². The predicted molar refractivity (Wildman–Crippen MR) is 111 cm³/mol. The molecule has 0 radical (unpaired) electrons. The third-order valence-electron chi connectivity index (χ3n) is 4.87. The van der Waals surface area contributed by atoms with Crippen molar-refractivity contribution < 1.29 is 19.4 Å². The van der Waals surface area contributed by atoms with E-state index in [0.29, 0.717) is 0 Å². The van der Waals surface area contributed by atoms with E-state index in [9.17, 15) is 13.9 Å². The van der Waals surface area contributed by atoms with Gasteiger partial charge in [0.1, 0.15) is 29.9 Å². The van der Waals surface area contributed by atoms with Crippen LogP contribution in [0.4, 0.5) is 8.78 Å². The molecule has 0 amide bonds. The van der Waals surface area contributed by atoms with Gasteiger partial charge < -0.3 is 5.11 Å². The van der Waals surface area contributed by atoms with Gasteiger partial charge in [-0.15, -0.1) is 11.3 Å². The average molecular weight is 441 g/mol. The summed E-state index contributed by atoms with van der Waals surface area (Å²) in [7, 11) is 0. The summed E-state index contributed by atoms with van der Waals surface area (Å²) in [5.74, 6) is -2.49. The fourth-order valence-electron chi connectivity index (χ4n) is 3.15. The molecule has 0 aliphatic carbocycles. The number of thiazole rings is 1. The molecule has 0 bridgehead atoms. The highest BCUT2D eigenvalue weighted by Crippen LogP contribution is 2.41. The Morgan fingerprint density at radius 1 is 1.32 bits per heavy atom. The van der Waals surface area contributed by atoms with E-state index in [2.05, 4.69) is 15.1 Å². The Balaban J connectivity index is 1.83.